The highest BCUT2D eigenvalue weighted by atomic mass is 35.5. The minimum absolute atomic E-state index is 0.0267. The summed E-state index contributed by atoms with van der Waals surface area (Å²) >= 11 is 6.05. The first-order valence-electron chi connectivity index (χ1n) is 7.09. The number of aromatic nitrogens is 2. The van der Waals surface area contributed by atoms with E-state index < -0.39 is 17.5 Å². The van der Waals surface area contributed by atoms with Gasteiger partial charge in [-0.2, -0.15) is 0 Å². The Bertz CT molecular complexity index is 722. The molecule has 1 N–H and O–H groups in total. The van der Waals surface area contributed by atoms with Crippen LogP contribution in [0.3, 0.4) is 0 Å². The first kappa shape index (κ1) is 17.1. The van der Waals surface area contributed by atoms with Gasteiger partial charge in [-0.15, -0.1) is 0 Å². The first-order valence-corrected chi connectivity index (χ1v) is 7.47. The predicted octanol–water partition coefficient (Wildman–Crippen LogP) is 4.67. The number of carbonyl (C=O) groups is 1. The average Bonchev–Trinajstić information content (AvgIpc) is 2.49. The molecular formula is C16H17ClFN3O2. The lowest BCUT2D eigenvalue weighted by molar-refractivity contribution is 0.0462. The highest BCUT2D eigenvalue weighted by Crippen LogP contribution is 2.33. The van der Waals surface area contributed by atoms with Crippen LogP contribution < -0.4 is 5.32 Å². The van der Waals surface area contributed by atoms with Crippen molar-refractivity contribution in [1.82, 2.24) is 9.97 Å². The van der Waals surface area contributed by atoms with Crippen LogP contribution in [0, 0.1) is 5.82 Å². The van der Waals surface area contributed by atoms with E-state index >= 15 is 0 Å². The smallest absolute Gasteiger partial charge is 0.412 e. The molecule has 0 spiro atoms. The SMILES string of the molecule is CCC(C)(C)OC(=O)Nc1c(-c2ncccc2F)ccnc1Cl. The molecule has 2 heterocycles. The summed E-state index contributed by atoms with van der Waals surface area (Å²) in [6.45, 7) is 5.48. The van der Waals surface area contributed by atoms with Gasteiger partial charge in [0, 0.05) is 18.0 Å². The van der Waals surface area contributed by atoms with Crippen LogP contribution in [0.4, 0.5) is 14.9 Å². The van der Waals surface area contributed by atoms with E-state index in [1.165, 1.54) is 30.6 Å². The molecule has 0 saturated heterocycles. The number of hydrogen-bond donors (Lipinski definition) is 1. The fraction of sp³-hybridized carbons (Fsp3) is 0.312. The lowest BCUT2D eigenvalue weighted by atomic mass is 10.1. The van der Waals surface area contributed by atoms with E-state index in [4.69, 9.17) is 16.3 Å². The molecule has 0 atom stereocenters. The van der Waals surface area contributed by atoms with Gasteiger partial charge in [0.15, 0.2) is 5.15 Å². The van der Waals surface area contributed by atoms with Crippen molar-refractivity contribution in [3.8, 4) is 11.3 Å². The summed E-state index contributed by atoms with van der Waals surface area (Å²) in [5, 5.41) is 2.56. The van der Waals surface area contributed by atoms with Crippen LogP contribution in [0.15, 0.2) is 30.6 Å². The maximum absolute atomic E-state index is 14.0. The van der Waals surface area contributed by atoms with Gasteiger partial charge in [-0.1, -0.05) is 18.5 Å². The third kappa shape index (κ3) is 4.16. The fourth-order valence-electron chi connectivity index (χ4n) is 1.79. The summed E-state index contributed by atoms with van der Waals surface area (Å²) < 4.78 is 19.3. The third-order valence-electron chi connectivity index (χ3n) is 3.37. The molecule has 0 bridgehead atoms. The molecule has 0 unspecified atom stereocenters. The minimum Gasteiger partial charge on any atom is -0.443 e. The van der Waals surface area contributed by atoms with E-state index in [1.54, 1.807) is 13.8 Å². The number of hydrogen-bond acceptors (Lipinski definition) is 4. The second kappa shape index (κ2) is 6.91. The van der Waals surface area contributed by atoms with Crippen molar-refractivity contribution in [3.63, 3.8) is 0 Å². The summed E-state index contributed by atoms with van der Waals surface area (Å²) in [4.78, 5) is 20.0. The Kier molecular flexibility index (Phi) is 5.15. The molecule has 7 heteroatoms. The summed E-state index contributed by atoms with van der Waals surface area (Å²) in [7, 11) is 0. The van der Waals surface area contributed by atoms with Crippen molar-refractivity contribution in [3.05, 3.63) is 41.6 Å². The largest absolute Gasteiger partial charge is 0.443 e. The molecule has 0 aliphatic heterocycles. The normalized spacial score (nSPS) is 11.2. The lowest BCUT2D eigenvalue weighted by Gasteiger charge is -2.23. The van der Waals surface area contributed by atoms with Crippen LogP contribution in [0.25, 0.3) is 11.3 Å². The number of carbonyl (C=O) groups excluding carboxylic acids is 1. The minimum atomic E-state index is -0.690. The Labute approximate surface area is 138 Å². The molecule has 23 heavy (non-hydrogen) atoms. The molecule has 122 valence electrons. The lowest BCUT2D eigenvalue weighted by Crippen LogP contribution is -2.30. The highest BCUT2D eigenvalue weighted by Gasteiger charge is 2.23. The molecule has 0 fully saturated rings. The van der Waals surface area contributed by atoms with Crippen LogP contribution in [-0.4, -0.2) is 21.7 Å². The monoisotopic (exact) mass is 337 g/mol. The van der Waals surface area contributed by atoms with E-state index in [2.05, 4.69) is 15.3 Å². The zero-order valence-corrected chi connectivity index (χ0v) is 13.8. The van der Waals surface area contributed by atoms with Gasteiger partial charge in [-0.25, -0.2) is 14.2 Å². The Balaban J connectivity index is 2.36. The molecule has 0 radical (unpaired) electrons. The summed E-state index contributed by atoms with van der Waals surface area (Å²) in [5.74, 6) is -0.528. The van der Waals surface area contributed by atoms with Gasteiger partial charge in [0.05, 0.1) is 5.69 Å². The Morgan fingerprint density at radius 1 is 1.35 bits per heavy atom. The van der Waals surface area contributed by atoms with Crippen LogP contribution in [0.1, 0.15) is 27.2 Å². The zero-order chi connectivity index (χ0) is 17.0. The maximum atomic E-state index is 14.0. The number of pyridine rings is 2. The van der Waals surface area contributed by atoms with Crippen molar-refractivity contribution in [2.45, 2.75) is 32.8 Å². The molecule has 2 aromatic rings. The number of amides is 1. The van der Waals surface area contributed by atoms with Gasteiger partial charge < -0.3 is 4.74 Å². The average molecular weight is 338 g/mol. The standard InChI is InChI=1S/C16H17ClFN3O2/c1-4-16(2,3)23-15(22)21-13-10(7-9-20-14(13)17)12-11(18)6-5-8-19-12/h5-9H,4H2,1-3H3,(H,21,22). The molecular weight excluding hydrogens is 321 g/mol. The van der Waals surface area contributed by atoms with Crippen LogP contribution in [0.5, 0.6) is 0 Å². The Hall–Kier alpha value is -2.21. The number of anilines is 1. The Morgan fingerprint density at radius 3 is 2.74 bits per heavy atom. The van der Waals surface area contributed by atoms with Crippen molar-refractivity contribution in [2.75, 3.05) is 5.32 Å². The molecule has 5 nitrogen and oxygen atoms in total. The van der Waals surface area contributed by atoms with E-state index in [1.807, 2.05) is 6.92 Å². The number of nitrogens with zero attached hydrogens (tertiary/aromatic N) is 2. The molecule has 1 amide bonds. The summed E-state index contributed by atoms with van der Waals surface area (Å²) in [5.41, 5.74) is -0.0743. The fourth-order valence-corrected chi connectivity index (χ4v) is 1.99. The highest BCUT2D eigenvalue weighted by molar-refractivity contribution is 6.33. The van der Waals surface area contributed by atoms with Gasteiger partial charge in [-0.3, -0.25) is 10.3 Å². The van der Waals surface area contributed by atoms with Crippen molar-refractivity contribution >= 4 is 23.4 Å². The van der Waals surface area contributed by atoms with Crippen molar-refractivity contribution in [2.24, 2.45) is 0 Å². The molecule has 0 aliphatic carbocycles. The first-order chi connectivity index (χ1) is 10.8. The number of halogens is 2. The molecule has 2 aromatic heterocycles. The molecule has 0 saturated carbocycles. The van der Waals surface area contributed by atoms with Gasteiger partial charge >= 0.3 is 6.09 Å². The molecule has 0 aromatic carbocycles. The maximum Gasteiger partial charge on any atom is 0.412 e. The third-order valence-corrected chi connectivity index (χ3v) is 3.65. The van der Waals surface area contributed by atoms with Crippen molar-refractivity contribution in [1.29, 1.82) is 0 Å². The van der Waals surface area contributed by atoms with E-state index in [0.717, 1.165) is 0 Å². The zero-order valence-electron chi connectivity index (χ0n) is 13.1. The second-order valence-electron chi connectivity index (χ2n) is 5.49. The van der Waals surface area contributed by atoms with E-state index in [-0.39, 0.29) is 16.5 Å². The quantitative estimate of drug-likeness (QED) is 0.823. The van der Waals surface area contributed by atoms with Gasteiger partial charge in [-0.05, 0) is 38.5 Å². The summed E-state index contributed by atoms with van der Waals surface area (Å²) in [6.07, 6.45) is 2.82. The molecule has 2 rings (SSSR count). The predicted molar refractivity (Wildman–Crippen MR) is 86.9 cm³/mol. The van der Waals surface area contributed by atoms with Crippen molar-refractivity contribution < 1.29 is 13.9 Å². The Morgan fingerprint density at radius 2 is 2.09 bits per heavy atom. The van der Waals surface area contributed by atoms with Gasteiger partial charge in [0.2, 0.25) is 0 Å². The number of rotatable bonds is 4. The van der Waals surface area contributed by atoms with Gasteiger partial charge in [0.25, 0.3) is 0 Å². The van der Waals surface area contributed by atoms with E-state index in [0.29, 0.717) is 12.0 Å². The van der Waals surface area contributed by atoms with E-state index in [9.17, 15) is 9.18 Å². The van der Waals surface area contributed by atoms with Crippen LogP contribution >= 0.6 is 11.6 Å². The second-order valence-corrected chi connectivity index (χ2v) is 5.84. The number of ether oxygens (including phenoxy) is 1. The van der Waals surface area contributed by atoms with Gasteiger partial charge in [0.1, 0.15) is 17.1 Å². The van der Waals surface area contributed by atoms with Crippen LogP contribution in [-0.2, 0) is 4.74 Å². The molecule has 0 aliphatic rings. The summed E-state index contributed by atoms with van der Waals surface area (Å²) in [6, 6.07) is 4.28. The topological polar surface area (TPSA) is 64.1 Å². The van der Waals surface area contributed by atoms with Crippen LogP contribution in [0.2, 0.25) is 5.15 Å². The number of nitrogens with one attached hydrogen (secondary N) is 1.